The Bertz CT molecular complexity index is 1080. The van der Waals surface area contributed by atoms with Gasteiger partial charge in [0, 0.05) is 23.6 Å². The van der Waals surface area contributed by atoms with Crippen molar-refractivity contribution in [1.82, 2.24) is 10.6 Å². The van der Waals surface area contributed by atoms with Crippen LogP contribution in [-0.2, 0) is 14.4 Å². The molecule has 8 atom stereocenters. The minimum absolute atomic E-state index is 0.0141. The largest absolute Gasteiger partial charge is 0.875 e. The first kappa shape index (κ1) is 24.7. The van der Waals surface area contributed by atoms with Gasteiger partial charge in [0.2, 0.25) is 0 Å². The van der Waals surface area contributed by atoms with Crippen LogP contribution in [0.4, 0.5) is 0 Å². The molecule has 2 aliphatic heterocycles. The number of piperidine rings is 1. The molecule has 0 aromatic heterocycles. The highest BCUT2D eigenvalue weighted by molar-refractivity contribution is 6.22. The van der Waals surface area contributed by atoms with E-state index < -0.39 is 0 Å². The molecule has 0 aromatic carbocycles. The highest BCUT2D eigenvalue weighted by atomic mass is 16.3. The number of hydrogen-bond acceptors (Lipinski definition) is 4. The molecule has 198 valence electrons. The van der Waals surface area contributed by atoms with Crippen molar-refractivity contribution < 1.29 is 19.5 Å². The van der Waals surface area contributed by atoms with Gasteiger partial charge in [0.25, 0.3) is 11.8 Å². The number of amides is 2. The lowest BCUT2D eigenvalue weighted by molar-refractivity contribution is -0.321. The quantitative estimate of drug-likeness (QED) is 0.349. The van der Waals surface area contributed by atoms with Crippen molar-refractivity contribution in [2.75, 3.05) is 0 Å². The molecule has 4 aliphatic carbocycles. The lowest BCUT2D eigenvalue weighted by Gasteiger charge is -2.50. The van der Waals surface area contributed by atoms with Gasteiger partial charge in [0.05, 0.1) is 5.57 Å². The Morgan fingerprint density at radius 1 is 0.649 bits per heavy atom. The number of nitrogens with one attached hydrogen (secondary N) is 2. The van der Waals surface area contributed by atoms with E-state index in [-0.39, 0.29) is 58.4 Å². The molecule has 0 radical (unpaired) electrons. The zero-order valence-corrected chi connectivity index (χ0v) is 21.6. The SMILES string of the molecule is O=C1NC2C(CCC3CCCCC32)C([O-])=C1C=CC=C/C=C1\C(=O)NC2C(CCC3CCCCC32)C1=O. The molecule has 6 rings (SSSR count). The minimum atomic E-state index is -0.272. The zero-order chi connectivity index (χ0) is 25.5. The Hall–Kier alpha value is -2.63. The number of Topliss-reactive ketones (excluding diaryl/α,β-unsaturated/α-hetero) is 1. The van der Waals surface area contributed by atoms with Crippen LogP contribution in [0.1, 0.15) is 77.0 Å². The van der Waals surface area contributed by atoms with Crippen LogP contribution in [0.2, 0.25) is 0 Å². The fraction of sp³-hybridized carbons (Fsp3) is 0.645. The first-order valence-corrected chi connectivity index (χ1v) is 14.6. The fourth-order valence-electron chi connectivity index (χ4n) is 8.65. The van der Waals surface area contributed by atoms with Gasteiger partial charge < -0.3 is 15.7 Å². The summed E-state index contributed by atoms with van der Waals surface area (Å²) in [6.07, 6.45) is 21.6. The fourth-order valence-corrected chi connectivity index (χ4v) is 8.65. The van der Waals surface area contributed by atoms with Crippen LogP contribution in [0.3, 0.4) is 0 Å². The second-order valence-electron chi connectivity index (χ2n) is 12.2. The van der Waals surface area contributed by atoms with E-state index >= 15 is 0 Å². The van der Waals surface area contributed by atoms with Crippen molar-refractivity contribution in [3.8, 4) is 0 Å². The lowest BCUT2D eigenvalue weighted by atomic mass is 9.62. The predicted molar refractivity (Wildman–Crippen MR) is 139 cm³/mol. The van der Waals surface area contributed by atoms with E-state index in [9.17, 15) is 19.5 Å². The highest BCUT2D eigenvalue weighted by Gasteiger charge is 2.48. The Balaban J connectivity index is 1.12. The average molecular weight is 504 g/mol. The summed E-state index contributed by atoms with van der Waals surface area (Å²) in [7, 11) is 0. The van der Waals surface area contributed by atoms with E-state index in [1.165, 1.54) is 38.5 Å². The summed E-state index contributed by atoms with van der Waals surface area (Å²) in [6, 6.07) is -0.0281. The van der Waals surface area contributed by atoms with E-state index in [1.807, 2.05) is 0 Å². The zero-order valence-electron chi connectivity index (χ0n) is 21.6. The Labute approximate surface area is 219 Å². The molecule has 2 heterocycles. The van der Waals surface area contributed by atoms with Gasteiger partial charge in [0.15, 0.2) is 5.78 Å². The van der Waals surface area contributed by atoms with Crippen LogP contribution < -0.4 is 15.7 Å². The van der Waals surface area contributed by atoms with Crippen molar-refractivity contribution in [3.05, 3.63) is 47.3 Å². The van der Waals surface area contributed by atoms with Gasteiger partial charge in [-0.05, 0) is 74.2 Å². The summed E-state index contributed by atoms with van der Waals surface area (Å²) in [4.78, 5) is 38.8. The number of carbonyl (C=O) groups is 3. The molecule has 8 unspecified atom stereocenters. The number of carbonyl (C=O) groups excluding carboxylic acids is 3. The molecule has 1 saturated heterocycles. The monoisotopic (exact) mass is 503 g/mol. The first-order valence-electron chi connectivity index (χ1n) is 14.6. The van der Waals surface area contributed by atoms with E-state index in [4.69, 9.17) is 0 Å². The van der Waals surface area contributed by atoms with Crippen molar-refractivity contribution in [1.29, 1.82) is 0 Å². The normalized spacial score (nSPS) is 41.2. The number of ketones is 1. The van der Waals surface area contributed by atoms with Crippen molar-refractivity contribution in [2.24, 2.45) is 35.5 Å². The summed E-state index contributed by atoms with van der Waals surface area (Å²) in [5, 5.41) is 19.5. The van der Waals surface area contributed by atoms with Gasteiger partial charge in [-0.1, -0.05) is 62.8 Å². The van der Waals surface area contributed by atoms with Crippen molar-refractivity contribution in [2.45, 2.75) is 89.1 Å². The molecule has 2 N–H and O–H groups in total. The van der Waals surface area contributed by atoms with Crippen LogP contribution in [0, 0.1) is 35.5 Å². The third-order valence-corrected chi connectivity index (χ3v) is 10.5. The minimum Gasteiger partial charge on any atom is -0.875 e. The first-order chi connectivity index (χ1) is 18.0. The highest BCUT2D eigenvalue weighted by Crippen LogP contribution is 2.46. The Kier molecular flexibility index (Phi) is 6.85. The van der Waals surface area contributed by atoms with Crippen LogP contribution >= 0.6 is 0 Å². The summed E-state index contributed by atoms with van der Waals surface area (Å²) < 4.78 is 0. The second-order valence-corrected chi connectivity index (χ2v) is 12.2. The van der Waals surface area contributed by atoms with Gasteiger partial charge >= 0.3 is 0 Å². The van der Waals surface area contributed by atoms with Gasteiger partial charge in [0.1, 0.15) is 0 Å². The third-order valence-electron chi connectivity index (χ3n) is 10.5. The molecule has 0 spiro atoms. The molecule has 6 nitrogen and oxygen atoms in total. The molecular weight excluding hydrogens is 464 g/mol. The van der Waals surface area contributed by atoms with Gasteiger partial charge in [-0.25, -0.2) is 0 Å². The third kappa shape index (κ3) is 4.51. The molecule has 0 aromatic rings. The van der Waals surface area contributed by atoms with Gasteiger partial charge in [-0.3, -0.25) is 14.4 Å². The smallest absolute Gasteiger partial charge is 0.255 e. The standard InChI is InChI=1S/C31H40N2O4/c34-28-22-16-14-18-8-4-6-10-20(18)26(22)32-30(36)24(28)12-2-1-3-13-25-29(35)23-17-15-19-9-5-7-11-21(19)27(23)33-31(25)37/h1-3,12-13,18-23,26-27,34H,4-11,14-17H2,(H,32,36)(H,33,37)/p-1/b3-1?,12-2?,25-13-. The van der Waals surface area contributed by atoms with E-state index in [2.05, 4.69) is 10.6 Å². The topological polar surface area (TPSA) is 98.3 Å². The number of rotatable bonds is 3. The molecule has 6 aliphatic rings. The average Bonchev–Trinajstić information content (AvgIpc) is 2.91. The molecule has 0 bridgehead atoms. The second kappa shape index (κ2) is 10.3. The number of allylic oxidation sites excluding steroid dienone is 4. The summed E-state index contributed by atoms with van der Waals surface area (Å²) in [5.41, 5.74) is 0.428. The molecule has 4 saturated carbocycles. The van der Waals surface area contributed by atoms with Crippen molar-refractivity contribution >= 4 is 17.6 Å². The molecule has 6 heteroatoms. The number of hydrogen-bond donors (Lipinski definition) is 2. The summed E-state index contributed by atoms with van der Waals surface area (Å²) in [6.45, 7) is 0. The summed E-state index contributed by atoms with van der Waals surface area (Å²) in [5.74, 6) is 1.32. The van der Waals surface area contributed by atoms with Crippen LogP contribution in [0.25, 0.3) is 0 Å². The molecule has 5 fully saturated rings. The maximum atomic E-state index is 13.2. The van der Waals surface area contributed by atoms with E-state index in [0.29, 0.717) is 23.7 Å². The van der Waals surface area contributed by atoms with Crippen LogP contribution in [0.5, 0.6) is 0 Å². The van der Waals surface area contributed by atoms with Crippen LogP contribution in [-0.4, -0.2) is 29.7 Å². The molecular formula is C31H39N2O4-. The lowest BCUT2D eigenvalue weighted by Crippen LogP contribution is -2.58. The Morgan fingerprint density at radius 3 is 1.95 bits per heavy atom. The van der Waals surface area contributed by atoms with Crippen LogP contribution in [0.15, 0.2) is 47.3 Å². The van der Waals surface area contributed by atoms with Gasteiger partial charge in [-0.2, -0.15) is 0 Å². The number of fused-ring (bicyclic) bond motifs is 6. The predicted octanol–water partition coefficient (Wildman–Crippen LogP) is 3.64. The Morgan fingerprint density at radius 2 is 1.24 bits per heavy atom. The maximum Gasteiger partial charge on any atom is 0.255 e. The molecule has 2 amide bonds. The summed E-state index contributed by atoms with van der Waals surface area (Å²) >= 11 is 0. The van der Waals surface area contributed by atoms with Gasteiger partial charge in [-0.15, -0.1) is 5.76 Å². The van der Waals surface area contributed by atoms with E-state index in [1.54, 1.807) is 30.4 Å². The molecule has 37 heavy (non-hydrogen) atoms. The van der Waals surface area contributed by atoms with Crippen molar-refractivity contribution in [3.63, 3.8) is 0 Å². The maximum absolute atomic E-state index is 13.2. The van der Waals surface area contributed by atoms with E-state index in [0.717, 1.165) is 38.5 Å².